The van der Waals surface area contributed by atoms with E-state index >= 15 is 0 Å². The number of nitrogens with zero attached hydrogens (tertiary/aromatic N) is 1. The predicted octanol–water partition coefficient (Wildman–Crippen LogP) is 4.97. The molecule has 5 rings (SSSR count). The number of anilines is 1. The quantitative estimate of drug-likeness (QED) is 0.714. The molecule has 2 fully saturated rings. The summed E-state index contributed by atoms with van der Waals surface area (Å²) in [7, 11) is 0. The number of hydrogen-bond donors (Lipinski definition) is 1. The van der Waals surface area contributed by atoms with E-state index in [1.165, 1.54) is 32.1 Å². The Balaban J connectivity index is 1.61. The van der Waals surface area contributed by atoms with Crippen LogP contribution in [0.1, 0.15) is 89.8 Å². The highest BCUT2D eigenvalue weighted by Crippen LogP contribution is 2.65. The summed E-state index contributed by atoms with van der Waals surface area (Å²) in [6.07, 6.45) is 11.7. The Hall–Kier alpha value is -1.91. The van der Waals surface area contributed by atoms with E-state index in [1.807, 2.05) is 20.8 Å². The van der Waals surface area contributed by atoms with E-state index in [4.69, 9.17) is 9.72 Å². The van der Waals surface area contributed by atoms with Gasteiger partial charge in [0.1, 0.15) is 5.82 Å². The highest BCUT2D eigenvalue weighted by Gasteiger charge is 2.75. The van der Waals surface area contributed by atoms with Crippen molar-refractivity contribution in [2.24, 2.45) is 10.8 Å². The van der Waals surface area contributed by atoms with Crippen LogP contribution in [0.3, 0.4) is 0 Å². The van der Waals surface area contributed by atoms with E-state index < -0.39 is 16.4 Å². The molecular weight excluding hydrogens is 364 g/mol. The summed E-state index contributed by atoms with van der Waals surface area (Å²) in [5.74, 6) is 0.199. The van der Waals surface area contributed by atoms with Crippen LogP contribution in [0.25, 0.3) is 0 Å². The Bertz CT molecular complexity index is 818. The van der Waals surface area contributed by atoms with Gasteiger partial charge < -0.3 is 10.1 Å². The fourth-order valence-corrected chi connectivity index (χ4v) is 5.44. The van der Waals surface area contributed by atoms with Crippen LogP contribution in [-0.4, -0.2) is 22.5 Å². The second-order valence-corrected chi connectivity index (χ2v) is 9.91. The molecule has 4 aliphatic rings. The second kappa shape index (κ2) is 7.41. The Morgan fingerprint density at radius 2 is 1.62 bits per heavy atom. The van der Waals surface area contributed by atoms with Crippen molar-refractivity contribution in [3.63, 3.8) is 0 Å². The monoisotopic (exact) mass is 398 g/mol. The van der Waals surface area contributed by atoms with Crippen molar-refractivity contribution in [3.8, 4) is 0 Å². The van der Waals surface area contributed by atoms with Crippen LogP contribution in [0.2, 0.25) is 0 Å². The molecule has 2 aliphatic heterocycles. The molecule has 0 spiro atoms. The fourth-order valence-electron chi connectivity index (χ4n) is 5.44. The van der Waals surface area contributed by atoms with Gasteiger partial charge in [0.2, 0.25) is 0 Å². The molecule has 0 aromatic carbocycles. The molecule has 2 atom stereocenters. The van der Waals surface area contributed by atoms with E-state index in [0.29, 0.717) is 18.7 Å². The van der Waals surface area contributed by atoms with Gasteiger partial charge in [0.15, 0.2) is 5.60 Å². The lowest BCUT2D eigenvalue weighted by atomic mass is 9.66. The third-order valence-electron chi connectivity index (χ3n) is 8.10. The average Bonchev–Trinajstić information content (AvgIpc) is 2.99. The summed E-state index contributed by atoms with van der Waals surface area (Å²) in [5.41, 5.74) is -0.132. The zero-order valence-electron chi connectivity index (χ0n) is 18.1. The van der Waals surface area contributed by atoms with E-state index in [-0.39, 0.29) is 11.9 Å². The van der Waals surface area contributed by atoms with Crippen LogP contribution < -0.4 is 5.32 Å². The molecule has 5 heteroatoms. The number of rotatable bonds is 2. The van der Waals surface area contributed by atoms with E-state index in [0.717, 1.165) is 36.9 Å². The first-order valence-corrected chi connectivity index (χ1v) is 11.3. The molecule has 0 radical (unpaired) electrons. The third kappa shape index (κ3) is 3.17. The summed E-state index contributed by atoms with van der Waals surface area (Å²) in [5, 5.41) is 3.10. The number of aryl methyl sites for hydroxylation is 2. The topological polar surface area (TPSA) is 68.3 Å². The highest BCUT2D eigenvalue weighted by atomic mass is 16.6. The van der Waals surface area contributed by atoms with Crippen LogP contribution in [0.15, 0.2) is 12.1 Å². The van der Waals surface area contributed by atoms with Gasteiger partial charge in [0.25, 0.3) is 5.91 Å². The predicted molar refractivity (Wildman–Crippen MR) is 113 cm³/mol. The minimum absolute atomic E-state index is 0.215. The van der Waals surface area contributed by atoms with Gasteiger partial charge in [-0.1, -0.05) is 52.0 Å². The molecule has 3 heterocycles. The minimum atomic E-state index is -1.10. The summed E-state index contributed by atoms with van der Waals surface area (Å²) < 4.78 is 5.76. The number of hydrogen-bond acceptors (Lipinski definition) is 4. The number of aromatic nitrogens is 1. The number of esters is 1. The molecular formula is C24H34N2O3. The van der Waals surface area contributed by atoms with E-state index in [9.17, 15) is 9.59 Å². The second-order valence-electron chi connectivity index (χ2n) is 9.91. The van der Waals surface area contributed by atoms with Crippen LogP contribution >= 0.6 is 0 Å². The maximum atomic E-state index is 13.5. The van der Waals surface area contributed by atoms with Crippen molar-refractivity contribution in [2.45, 2.75) is 97.0 Å². The number of carbonyl (C=O) groups is 2. The number of pyridine rings is 1. The first-order valence-electron chi connectivity index (χ1n) is 11.3. The van der Waals surface area contributed by atoms with Crippen molar-refractivity contribution >= 4 is 17.7 Å². The average molecular weight is 399 g/mol. The largest absolute Gasteiger partial charge is 0.448 e. The number of nitrogens with one attached hydrogen (secondary N) is 1. The first-order chi connectivity index (χ1) is 13.8. The lowest BCUT2D eigenvalue weighted by Gasteiger charge is -2.35. The molecule has 29 heavy (non-hydrogen) atoms. The molecule has 1 saturated heterocycles. The maximum Gasteiger partial charge on any atom is 0.313 e. The SMILES string of the molecule is CC12CCC(C(=O)Nc3nc4ccc3CCCCCCCCC4)(OC1=O)C2(C)C. The summed E-state index contributed by atoms with van der Waals surface area (Å²) in [4.78, 5) is 30.8. The lowest BCUT2D eigenvalue weighted by molar-refractivity contribution is -0.165. The Labute approximate surface area is 174 Å². The molecule has 1 saturated carbocycles. The summed E-state index contributed by atoms with van der Waals surface area (Å²) >= 11 is 0. The molecule has 1 amide bonds. The zero-order chi connectivity index (χ0) is 20.7. The van der Waals surface area contributed by atoms with Gasteiger partial charge in [-0.2, -0.15) is 0 Å². The van der Waals surface area contributed by atoms with Crippen molar-refractivity contribution in [1.82, 2.24) is 4.98 Å². The molecule has 4 bridgehead atoms. The van der Waals surface area contributed by atoms with Gasteiger partial charge in [-0.05, 0) is 57.1 Å². The first kappa shape index (κ1) is 20.4. The van der Waals surface area contributed by atoms with Crippen molar-refractivity contribution in [3.05, 3.63) is 23.4 Å². The van der Waals surface area contributed by atoms with Crippen LogP contribution in [0.5, 0.6) is 0 Å². The summed E-state index contributed by atoms with van der Waals surface area (Å²) in [6.45, 7) is 5.92. The maximum absolute atomic E-state index is 13.5. The Kier molecular flexibility index (Phi) is 5.20. The molecule has 2 aliphatic carbocycles. The van der Waals surface area contributed by atoms with Crippen LogP contribution in [0.4, 0.5) is 5.82 Å². The van der Waals surface area contributed by atoms with E-state index in [2.05, 4.69) is 17.4 Å². The summed E-state index contributed by atoms with van der Waals surface area (Å²) in [6, 6.07) is 4.23. The van der Waals surface area contributed by atoms with Crippen molar-refractivity contribution < 1.29 is 14.3 Å². The smallest absolute Gasteiger partial charge is 0.313 e. The van der Waals surface area contributed by atoms with Crippen LogP contribution in [0, 0.1) is 10.8 Å². The third-order valence-corrected chi connectivity index (χ3v) is 8.10. The van der Waals surface area contributed by atoms with Gasteiger partial charge >= 0.3 is 5.97 Å². The molecule has 1 N–H and O–H groups in total. The van der Waals surface area contributed by atoms with Gasteiger partial charge in [0, 0.05) is 11.1 Å². The van der Waals surface area contributed by atoms with Gasteiger partial charge in [-0.15, -0.1) is 0 Å². The molecule has 1 aromatic heterocycles. The van der Waals surface area contributed by atoms with Crippen molar-refractivity contribution in [2.75, 3.05) is 5.32 Å². The normalized spacial score (nSPS) is 31.5. The van der Waals surface area contributed by atoms with E-state index in [1.54, 1.807) is 0 Å². The van der Waals surface area contributed by atoms with Crippen LogP contribution in [-0.2, 0) is 27.2 Å². The minimum Gasteiger partial charge on any atom is -0.448 e. The number of amides is 1. The molecule has 5 nitrogen and oxygen atoms in total. The fraction of sp³-hybridized carbons (Fsp3) is 0.708. The highest BCUT2D eigenvalue weighted by molar-refractivity contribution is 6.03. The zero-order valence-corrected chi connectivity index (χ0v) is 18.1. The van der Waals surface area contributed by atoms with Crippen molar-refractivity contribution in [1.29, 1.82) is 0 Å². The van der Waals surface area contributed by atoms with Gasteiger partial charge in [0.05, 0.1) is 5.41 Å². The van der Waals surface area contributed by atoms with Gasteiger partial charge in [-0.3, -0.25) is 9.59 Å². The Morgan fingerprint density at radius 1 is 0.966 bits per heavy atom. The van der Waals surface area contributed by atoms with Gasteiger partial charge in [-0.25, -0.2) is 4.98 Å². The Morgan fingerprint density at radius 3 is 2.24 bits per heavy atom. The standard InChI is InChI=1S/C24H34N2O3/c1-22(2)23(3)15-16-24(22,29-21(23)28)20(27)26-19-17-11-9-7-5-4-6-8-10-12-18(25-19)14-13-17/h13-14H,4-12,15-16H2,1-3H3,(H,25,26,27). The molecule has 158 valence electrons. The molecule has 2 unspecified atom stereocenters. The lowest BCUT2D eigenvalue weighted by Crippen LogP contribution is -2.51. The molecule has 1 aromatic rings. The number of fused-ring (bicyclic) bond motifs is 12. The number of carbonyl (C=O) groups excluding carboxylic acids is 2. The number of ether oxygens (including phenoxy) is 1.